The van der Waals surface area contributed by atoms with Gasteiger partial charge in [-0.3, -0.25) is 0 Å². The maximum absolute atomic E-state index is 12.6. The second kappa shape index (κ2) is 5.46. The minimum atomic E-state index is -4.34. The van der Waals surface area contributed by atoms with E-state index in [0.29, 0.717) is 16.1 Å². The van der Waals surface area contributed by atoms with Crippen molar-refractivity contribution < 1.29 is 13.2 Å². The molecule has 5 heteroatoms. The summed E-state index contributed by atoms with van der Waals surface area (Å²) in [5.41, 5.74) is 7.42. The third-order valence-electron chi connectivity index (χ3n) is 3.16. The van der Waals surface area contributed by atoms with E-state index in [0.717, 1.165) is 17.7 Å². The van der Waals surface area contributed by atoms with Crippen molar-refractivity contribution in [2.45, 2.75) is 19.1 Å². The molecule has 106 valence electrons. The van der Waals surface area contributed by atoms with Crippen LogP contribution in [0.4, 0.5) is 13.2 Å². The fourth-order valence-corrected chi connectivity index (χ4v) is 2.18. The molecule has 0 aliphatic rings. The van der Waals surface area contributed by atoms with E-state index >= 15 is 0 Å². The van der Waals surface area contributed by atoms with Crippen molar-refractivity contribution in [2.75, 3.05) is 0 Å². The van der Waals surface area contributed by atoms with E-state index in [9.17, 15) is 13.2 Å². The van der Waals surface area contributed by atoms with Gasteiger partial charge in [-0.25, -0.2) is 0 Å². The molecule has 2 N–H and O–H groups in total. The highest BCUT2D eigenvalue weighted by molar-refractivity contribution is 6.30. The van der Waals surface area contributed by atoms with Gasteiger partial charge in [0.1, 0.15) is 0 Å². The molecular formula is C15H13ClF3N. The summed E-state index contributed by atoms with van der Waals surface area (Å²) in [4.78, 5) is 0. The molecular weight excluding hydrogens is 287 g/mol. The monoisotopic (exact) mass is 299 g/mol. The van der Waals surface area contributed by atoms with Gasteiger partial charge in [-0.05, 0) is 47.9 Å². The minimum absolute atomic E-state index is 0.477. The molecule has 0 aromatic heterocycles. The molecule has 1 nitrogen and oxygen atoms in total. The molecule has 0 radical (unpaired) electrons. The molecule has 0 aliphatic heterocycles. The Morgan fingerprint density at radius 1 is 1.05 bits per heavy atom. The lowest BCUT2D eigenvalue weighted by Gasteiger charge is -2.17. The van der Waals surface area contributed by atoms with Crippen molar-refractivity contribution >= 4 is 11.6 Å². The summed E-state index contributed by atoms with van der Waals surface area (Å²) in [6.45, 7) is 1.63. The first-order valence-electron chi connectivity index (χ1n) is 5.98. The van der Waals surface area contributed by atoms with E-state index in [1.807, 2.05) is 0 Å². The number of aryl methyl sites for hydroxylation is 1. The Balaban J connectivity index is 2.36. The highest BCUT2D eigenvalue weighted by Crippen LogP contribution is 2.32. The van der Waals surface area contributed by atoms with Gasteiger partial charge in [0.05, 0.1) is 11.6 Å². The zero-order chi connectivity index (χ0) is 14.9. The molecule has 0 saturated heterocycles. The van der Waals surface area contributed by atoms with E-state index < -0.39 is 17.8 Å². The summed E-state index contributed by atoms with van der Waals surface area (Å²) in [7, 11) is 0. The number of benzene rings is 2. The lowest BCUT2D eigenvalue weighted by molar-refractivity contribution is -0.137. The van der Waals surface area contributed by atoms with Crippen LogP contribution in [0.2, 0.25) is 5.02 Å². The molecule has 0 fully saturated rings. The Labute approximate surface area is 120 Å². The van der Waals surface area contributed by atoms with Crippen LogP contribution in [0.1, 0.15) is 28.3 Å². The fourth-order valence-electron chi connectivity index (χ4n) is 2.05. The molecule has 2 aromatic carbocycles. The van der Waals surface area contributed by atoms with Crippen LogP contribution in [0, 0.1) is 6.92 Å². The molecule has 0 aliphatic carbocycles. The van der Waals surface area contributed by atoms with Crippen molar-refractivity contribution in [3.63, 3.8) is 0 Å². The zero-order valence-electron chi connectivity index (χ0n) is 10.7. The quantitative estimate of drug-likeness (QED) is 0.853. The lowest BCUT2D eigenvalue weighted by atomic mass is 9.94. The minimum Gasteiger partial charge on any atom is -0.320 e. The van der Waals surface area contributed by atoms with E-state index in [-0.39, 0.29) is 0 Å². The molecule has 20 heavy (non-hydrogen) atoms. The molecule has 1 unspecified atom stereocenters. The van der Waals surface area contributed by atoms with E-state index in [1.54, 1.807) is 31.2 Å². The number of alkyl halides is 3. The molecule has 0 heterocycles. The van der Waals surface area contributed by atoms with Crippen molar-refractivity contribution in [3.05, 3.63) is 69.7 Å². The van der Waals surface area contributed by atoms with Gasteiger partial charge in [0.15, 0.2) is 0 Å². The van der Waals surface area contributed by atoms with Crippen LogP contribution in [0.15, 0.2) is 42.5 Å². The second-order valence-corrected chi connectivity index (χ2v) is 5.03. The number of rotatable bonds is 2. The summed E-state index contributed by atoms with van der Waals surface area (Å²) in [5, 5.41) is 0.588. The molecule has 0 amide bonds. The Bertz CT molecular complexity index is 606. The van der Waals surface area contributed by atoms with Crippen molar-refractivity contribution in [2.24, 2.45) is 5.73 Å². The average Bonchev–Trinajstić information content (AvgIpc) is 2.37. The first-order chi connectivity index (χ1) is 9.29. The summed E-state index contributed by atoms with van der Waals surface area (Å²) in [6, 6.07) is 10.1. The first kappa shape index (κ1) is 14.9. The van der Waals surface area contributed by atoms with Crippen molar-refractivity contribution in [3.8, 4) is 0 Å². The predicted octanol–water partition coefficient (Wildman–Crippen LogP) is 4.72. The SMILES string of the molecule is Cc1cc(C(F)(F)F)ccc1C(N)c1ccc(Cl)cc1. The van der Waals surface area contributed by atoms with Gasteiger partial charge in [0.2, 0.25) is 0 Å². The smallest absolute Gasteiger partial charge is 0.320 e. The van der Waals surface area contributed by atoms with Crippen LogP contribution in [0.25, 0.3) is 0 Å². The summed E-state index contributed by atoms with van der Waals surface area (Å²) < 4.78 is 37.9. The van der Waals surface area contributed by atoms with Gasteiger partial charge in [-0.15, -0.1) is 0 Å². The topological polar surface area (TPSA) is 26.0 Å². The summed E-state index contributed by atoms with van der Waals surface area (Å²) in [5.74, 6) is 0. The van der Waals surface area contributed by atoms with Gasteiger partial charge >= 0.3 is 6.18 Å². The Morgan fingerprint density at radius 2 is 1.65 bits per heavy atom. The third-order valence-corrected chi connectivity index (χ3v) is 3.41. The highest BCUT2D eigenvalue weighted by atomic mass is 35.5. The van der Waals surface area contributed by atoms with Crippen molar-refractivity contribution in [1.82, 2.24) is 0 Å². The third kappa shape index (κ3) is 3.14. The molecule has 0 spiro atoms. The molecule has 0 bridgehead atoms. The maximum atomic E-state index is 12.6. The normalized spacial score (nSPS) is 13.3. The van der Waals surface area contributed by atoms with Crippen LogP contribution in [-0.2, 0) is 6.18 Å². The standard InChI is InChI=1S/C15H13ClF3N/c1-9-8-11(15(17,18)19)4-7-13(9)14(20)10-2-5-12(16)6-3-10/h2-8,14H,20H2,1H3. The van der Waals surface area contributed by atoms with Gasteiger partial charge in [0, 0.05) is 5.02 Å². The number of hydrogen-bond donors (Lipinski definition) is 1. The van der Waals surface area contributed by atoms with Gasteiger partial charge < -0.3 is 5.73 Å². The maximum Gasteiger partial charge on any atom is 0.416 e. The van der Waals surface area contributed by atoms with Crippen LogP contribution in [0.5, 0.6) is 0 Å². The van der Waals surface area contributed by atoms with E-state index in [1.165, 1.54) is 6.07 Å². The van der Waals surface area contributed by atoms with Crippen LogP contribution < -0.4 is 5.73 Å². The Kier molecular flexibility index (Phi) is 4.06. The van der Waals surface area contributed by atoms with Crippen LogP contribution in [-0.4, -0.2) is 0 Å². The Hall–Kier alpha value is -1.52. The predicted molar refractivity (Wildman–Crippen MR) is 73.7 cm³/mol. The molecule has 2 rings (SSSR count). The summed E-state index contributed by atoms with van der Waals surface area (Å²) in [6.07, 6.45) is -4.34. The van der Waals surface area contributed by atoms with Crippen molar-refractivity contribution in [1.29, 1.82) is 0 Å². The average molecular weight is 300 g/mol. The van der Waals surface area contributed by atoms with E-state index in [2.05, 4.69) is 0 Å². The van der Waals surface area contributed by atoms with Gasteiger partial charge in [0.25, 0.3) is 0 Å². The number of halogens is 4. The van der Waals surface area contributed by atoms with Crippen LogP contribution >= 0.6 is 11.6 Å². The molecule has 0 saturated carbocycles. The van der Waals surface area contributed by atoms with Gasteiger partial charge in [-0.2, -0.15) is 13.2 Å². The molecule has 2 aromatic rings. The van der Waals surface area contributed by atoms with E-state index in [4.69, 9.17) is 17.3 Å². The Morgan fingerprint density at radius 3 is 2.15 bits per heavy atom. The number of nitrogens with two attached hydrogens (primary N) is 1. The second-order valence-electron chi connectivity index (χ2n) is 4.60. The largest absolute Gasteiger partial charge is 0.416 e. The highest BCUT2D eigenvalue weighted by Gasteiger charge is 2.30. The molecule has 1 atom stereocenters. The first-order valence-corrected chi connectivity index (χ1v) is 6.35. The van der Waals surface area contributed by atoms with Crippen LogP contribution in [0.3, 0.4) is 0 Å². The van der Waals surface area contributed by atoms with Gasteiger partial charge in [-0.1, -0.05) is 29.8 Å². The summed E-state index contributed by atoms with van der Waals surface area (Å²) >= 11 is 5.80. The fraction of sp³-hybridized carbons (Fsp3) is 0.200. The number of hydrogen-bond acceptors (Lipinski definition) is 1. The zero-order valence-corrected chi connectivity index (χ0v) is 11.5. The lowest BCUT2D eigenvalue weighted by Crippen LogP contribution is -2.14.